The maximum absolute atomic E-state index is 12.5. The Morgan fingerprint density at radius 3 is 2.70 bits per heavy atom. The van der Waals surface area contributed by atoms with E-state index < -0.39 is 0 Å². The van der Waals surface area contributed by atoms with Crippen LogP contribution < -0.4 is 10.2 Å². The summed E-state index contributed by atoms with van der Waals surface area (Å²) < 4.78 is 0. The van der Waals surface area contributed by atoms with Gasteiger partial charge in [-0.2, -0.15) is 0 Å². The molecule has 5 heteroatoms. The van der Waals surface area contributed by atoms with Crippen LogP contribution >= 0.6 is 0 Å². The number of benzene rings is 1. The van der Waals surface area contributed by atoms with Gasteiger partial charge in [0.25, 0.3) is 0 Å². The van der Waals surface area contributed by atoms with E-state index in [9.17, 15) is 9.59 Å². The van der Waals surface area contributed by atoms with Crippen molar-refractivity contribution in [3.8, 4) is 0 Å². The van der Waals surface area contributed by atoms with Crippen LogP contribution in [-0.4, -0.2) is 42.5 Å². The van der Waals surface area contributed by atoms with E-state index in [1.807, 2.05) is 54.8 Å². The minimum absolute atomic E-state index is 0.0151. The van der Waals surface area contributed by atoms with Crippen molar-refractivity contribution in [2.75, 3.05) is 24.5 Å². The number of rotatable bonds is 2. The molecule has 0 radical (unpaired) electrons. The van der Waals surface area contributed by atoms with Gasteiger partial charge in [0.2, 0.25) is 5.91 Å². The topological polar surface area (TPSA) is 52.6 Å². The van der Waals surface area contributed by atoms with E-state index in [1.165, 1.54) is 0 Å². The van der Waals surface area contributed by atoms with Crippen LogP contribution in [0.25, 0.3) is 0 Å². The van der Waals surface area contributed by atoms with Gasteiger partial charge in [0, 0.05) is 43.2 Å². The van der Waals surface area contributed by atoms with Crippen molar-refractivity contribution in [2.24, 2.45) is 5.41 Å². The van der Waals surface area contributed by atoms with Crippen LogP contribution in [0.2, 0.25) is 0 Å². The number of hydrogen-bond donors (Lipinski definition) is 1. The van der Waals surface area contributed by atoms with E-state index in [-0.39, 0.29) is 23.4 Å². The molecule has 3 amide bonds. The second-order valence-corrected chi connectivity index (χ2v) is 7.22. The molecule has 1 spiro atoms. The SMILES string of the molecule is Cc1ccccc1N1C[C@]2(CCN(C(=O)NC(C)C)C2)CC1=O. The van der Waals surface area contributed by atoms with E-state index in [2.05, 4.69) is 5.32 Å². The standard InChI is InChI=1S/C18H25N3O2/c1-13(2)19-17(23)20-9-8-18(11-20)10-16(22)21(12-18)15-7-5-4-6-14(15)3/h4-7,13H,8-12H2,1-3H3,(H,19,23)/t18-/m1/s1. The molecule has 1 N–H and O–H groups in total. The third-order valence-electron chi connectivity index (χ3n) is 4.86. The number of anilines is 1. The zero-order valence-corrected chi connectivity index (χ0v) is 14.1. The normalized spacial score (nSPS) is 24.1. The van der Waals surface area contributed by atoms with Crippen molar-refractivity contribution in [3.63, 3.8) is 0 Å². The van der Waals surface area contributed by atoms with Crippen molar-refractivity contribution in [1.29, 1.82) is 0 Å². The quantitative estimate of drug-likeness (QED) is 0.912. The number of carbonyl (C=O) groups excluding carboxylic acids is 2. The highest BCUT2D eigenvalue weighted by atomic mass is 16.2. The van der Waals surface area contributed by atoms with E-state index in [1.54, 1.807) is 0 Å². The molecule has 2 heterocycles. The first kappa shape index (κ1) is 15.8. The van der Waals surface area contributed by atoms with Gasteiger partial charge in [-0.3, -0.25) is 4.79 Å². The summed E-state index contributed by atoms with van der Waals surface area (Å²) in [7, 11) is 0. The lowest BCUT2D eigenvalue weighted by atomic mass is 9.86. The minimum Gasteiger partial charge on any atom is -0.336 e. The van der Waals surface area contributed by atoms with E-state index in [4.69, 9.17) is 0 Å². The minimum atomic E-state index is -0.0896. The van der Waals surface area contributed by atoms with Gasteiger partial charge in [0.05, 0.1) is 0 Å². The monoisotopic (exact) mass is 315 g/mol. The van der Waals surface area contributed by atoms with Gasteiger partial charge in [-0.1, -0.05) is 18.2 Å². The molecule has 3 rings (SSSR count). The second kappa shape index (κ2) is 5.87. The number of likely N-dealkylation sites (tertiary alicyclic amines) is 1. The summed E-state index contributed by atoms with van der Waals surface area (Å²) in [6.07, 6.45) is 1.43. The molecule has 23 heavy (non-hydrogen) atoms. The number of nitrogens with one attached hydrogen (secondary N) is 1. The molecule has 2 aliphatic heterocycles. The number of para-hydroxylation sites is 1. The zero-order valence-electron chi connectivity index (χ0n) is 14.1. The van der Waals surface area contributed by atoms with Crippen molar-refractivity contribution in [3.05, 3.63) is 29.8 Å². The van der Waals surface area contributed by atoms with Crippen molar-refractivity contribution >= 4 is 17.6 Å². The molecular weight excluding hydrogens is 290 g/mol. The Bertz CT molecular complexity index is 628. The van der Waals surface area contributed by atoms with Crippen LogP contribution in [0, 0.1) is 12.3 Å². The predicted molar refractivity (Wildman–Crippen MR) is 90.4 cm³/mol. The number of urea groups is 1. The fourth-order valence-corrected chi connectivity index (χ4v) is 3.70. The molecule has 5 nitrogen and oxygen atoms in total. The smallest absolute Gasteiger partial charge is 0.317 e. The summed E-state index contributed by atoms with van der Waals surface area (Å²) in [6.45, 7) is 8.06. The maximum Gasteiger partial charge on any atom is 0.317 e. The molecule has 2 aliphatic rings. The Morgan fingerprint density at radius 2 is 2.00 bits per heavy atom. The lowest BCUT2D eigenvalue weighted by Gasteiger charge is -2.25. The first-order chi connectivity index (χ1) is 10.9. The van der Waals surface area contributed by atoms with E-state index in [0.717, 1.165) is 24.2 Å². The highest BCUT2D eigenvalue weighted by Crippen LogP contribution is 2.42. The third-order valence-corrected chi connectivity index (χ3v) is 4.86. The molecule has 124 valence electrons. The largest absolute Gasteiger partial charge is 0.336 e. The lowest BCUT2D eigenvalue weighted by Crippen LogP contribution is -2.43. The summed E-state index contributed by atoms with van der Waals surface area (Å²) in [5.74, 6) is 0.172. The third kappa shape index (κ3) is 3.05. The van der Waals surface area contributed by atoms with E-state index in [0.29, 0.717) is 19.5 Å². The van der Waals surface area contributed by atoms with Crippen molar-refractivity contribution in [2.45, 2.75) is 39.7 Å². The molecule has 2 fully saturated rings. The first-order valence-corrected chi connectivity index (χ1v) is 8.32. The average molecular weight is 315 g/mol. The van der Waals surface area contributed by atoms with Crippen LogP contribution in [0.1, 0.15) is 32.3 Å². The van der Waals surface area contributed by atoms with Crippen LogP contribution in [0.4, 0.5) is 10.5 Å². The molecule has 0 bridgehead atoms. The average Bonchev–Trinajstić information content (AvgIpc) is 3.03. The molecular formula is C18H25N3O2. The van der Waals surface area contributed by atoms with Crippen LogP contribution in [0.5, 0.6) is 0 Å². The zero-order chi connectivity index (χ0) is 16.6. The van der Waals surface area contributed by atoms with Crippen molar-refractivity contribution < 1.29 is 9.59 Å². The van der Waals surface area contributed by atoms with Gasteiger partial charge < -0.3 is 15.1 Å². The predicted octanol–water partition coefficient (Wildman–Crippen LogP) is 2.54. The summed E-state index contributed by atoms with van der Waals surface area (Å²) in [5.41, 5.74) is 2.03. The number of aryl methyl sites for hydroxylation is 1. The van der Waals surface area contributed by atoms with Gasteiger partial charge in [-0.05, 0) is 38.8 Å². The van der Waals surface area contributed by atoms with Gasteiger partial charge in [0.15, 0.2) is 0 Å². The van der Waals surface area contributed by atoms with Crippen LogP contribution in [-0.2, 0) is 4.79 Å². The van der Waals surface area contributed by atoms with Gasteiger partial charge in [-0.25, -0.2) is 4.79 Å². The Kier molecular flexibility index (Phi) is 4.04. The molecule has 1 aromatic carbocycles. The molecule has 2 saturated heterocycles. The maximum atomic E-state index is 12.5. The molecule has 0 saturated carbocycles. The number of amides is 3. The summed E-state index contributed by atoms with van der Waals surface area (Å²) >= 11 is 0. The summed E-state index contributed by atoms with van der Waals surface area (Å²) in [6, 6.07) is 8.11. The Balaban J connectivity index is 1.73. The Hall–Kier alpha value is -2.04. The highest BCUT2D eigenvalue weighted by Gasteiger charge is 2.49. The van der Waals surface area contributed by atoms with Crippen molar-refractivity contribution in [1.82, 2.24) is 10.2 Å². The molecule has 0 aliphatic carbocycles. The van der Waals surface area contributed by atoms with Gasteiger partial charge in [-0.15, -0.1) is 0 Å². The number of carbonyl (C=O) groups is 2. The lowest BCUT2D eigenvalue weighted by molar-refractivity contribution is -0.117. The van der Waals surface area contributed by atoms with Crippen LogP contribution in [0.15, 0.2) is 24.3 Å². The fourth-order valence-electron chi connectivity index (χ4n) is 3.70. The fraction of sp³-hybridized carbons (Fsp3) is 0.556. The molecule has 1 atom stereocenters. The van der Waals surface area contributed by atoms with E-state index >= 15 is 0 Å². The first-order valence-electron chi connectivity index (χ1n) is 8.32. The number of hydrogen-bond acceptors (Lipinski definition) is 2. The summed E-state index contributed by atoms with van der Waals surface area (Å²) in [5, 5.41) is 2.94. The Morgan fingerprint density at radius 1 is 1.26 bits per heavy atom. The van der Waals surface area contributed by atoms with Gasteiger partial charge >= 0.3 is 6.03 Å². The molecule has 1 aromatic rings. The molecule has 0 unspecified atom stereocenters. The number of nitrogens with zero attached hydrogens (tertiary/aromatic N) is 2. The van der Waals surface area contributed by atoms with Gasteiger partial charge in [0.1, 0.15) is 0 Å². The summed E-state index contributed by atoms with van der Waals surface area (Å²) in [4.78, 5) is 28.5. The molecule has 0 aromatic heterocycles. The highest BCUT2D eigenvalue weighted by molar-refractivity contribution is 5.97. The van der Waals surface area contributed by atoms with Crippen LogP contribution in [0.3, 0.4) is 0 Å². The second-order valence-electron chi connectivity index (χ2n) is 7.22. The Labute approximate surface area is 137 Å².